The summed E-state index contributed by atoms with van der Waals surface area (Å²) in [5.74, 6) is -0.903. The second-order valence-electron chi connectivity index (χ2n) is 5.09. The number of carbonyl (C=O) groups excluding carboxylic acids is 2. The Morgan fingerprint density at radius 1 is 1.36 bits per heavy atom. The van der Waals surface area contributed by atoms with Crippen LogP contribution in [0.4, 0.5) is 5.69 Å². The van der Waals surface area contributed by atoms with Crippen LogP contribution < -0.4 is 5.32 Å². The summed E-state index contributed by atoms with van der Waals surface area (Å²) in [6.45, 7) is 0.346. The van der Waals surface area contributed by atoms with Crippen molar-refractivity contribution in [2.45, 2.75) is 18.9 Å². The smallest absolute Gasteiger partial charge is 0.337 e. The van der Waals surface area contributed by atoms with Gasteiger partial charge in [0.15, 0.2) is 0 Å². The Labute approximate surface area is 129 Å². The van der Waals surface area contributed by atoms with Gasteiger partial charge < -0.3 is 10.1 Å². The predicted molar refractivity (Wildman–Crippen MR) is 81.0 cm³/mol. The molecule has 7 nitrogen and oxygen atoms in total. The number of sulfonamides is 1. The first kappa shape index (κ1) is 16.4. The van der Waals surface area contributed by atoms with Crippen LogP contribution in [0.25, 0.3) is 0 Å². The minimum absolute atomic E-state index is 0.312. The summed E-state index contributed by atoms with van der Waals surface area (Å²) in [7, 11) is -2.14. The fourth-order valence-electron chi connectivity index (χ4n) is 2.47. The molecule has 1 amide bonds. The van der Waals surface area contributed by atoms with Crippen molar-refractivity contribution in [2.24, 2.45) is 0 Å². The molecule has 1 aromatic rings. The zero-order valence-corrected chi connectivity index (χ0v) is 13.2. The van der Waals surface area contributed by atoms with Crippen LogP contribution in [0.15, 0.2) is 24.3 Å². The Bertz CT molecular complexity index is 686. The number of ether oxygens (including phenoxy) is 1. The minimum Gasteiger partial charge on any atom is -0.465 e. The first-order chi connectivity index (χ1) is 10.3. The number of amides is 1. The predicted octanol–water partition coefficient (Wildman–Crippen LogP) is 0.836. The van der Waals surface area contributed by atoms with Crippen LogP contribution in [0, 0.1) is 0 Å². The third-order valence-corrected chi connectivity index (χ3v) is 4.77. The molecule has 1 saturated heterocycles. The number of benzene rings is 1. The molecule has 1 N–H and O–H groups in total. The van der Waals surface area contributed by atoms with Gasteiger partial charge in [-0.15, -0.1) is 0 Å². The molecule has 1 aromatic carbocycles. The van der Waals surface area contributed by atoms with Crippen molar-refractivity contribution in [1.29, 1.82) is 0 Å². The van der Waals surface area contributed by atoms with Crippen molar-refractivity contribution in [1.82, 2.24) is 4.31 Å². The highest BCUT2D eigenvalue weighted by molar-refractivity contribution is 7.88. The molecule has 1 aliphatic heterocycles. The van der Waals surface area contributed by atoms with Crippen LogP contribution in [0.5, 0.6) is 0 Å². The fraction of sp³-hybridized carbons (Fsp3) is 0.429. The summed E-state index contributed by atoms with van der Waals surface area (Å²) in [4.78, 5) is 23.8. The highest BCUT2D eigenvalue weighted by Crippen LogP contribution is 2.22. The first-order valence-corrected chi connectivity index (χ1v) is 8.64. The van der Waals surface area contributed by atoms with Gasteiger partial charge in [0.25, 0.3) is 0 Å². The molecule has 0 radical (unpaired) electrons. The third kappa shape index (κ3) is 3.63. The molecule has 22 heavy (non-hydrogen) atoms. The van der Waals surface area contributed by atoms with Gasteiger partial charge in [0, 0.05) is 12.2 Å². The van der Waals surface area contributed by atoms with Crippen molar-refractivity contribution < 1.29 is 22.7 Å². The van der Waals surface area contributed by atoms with Gasteiger partial charge in [-0.05, 0) is 31.0 Å². The third-order valence-electron chi connectivity index (χ3n) is 3.48. The topological polar surface area (TPSA) is 92.8 Å². The molecular formula is C14H18N2O5S. The number of hydrogen-bond donors (Lipinski definition) is 1. The second-order valence-corrected chi connectivity index (χ2v) is 7.03. The van der Waals surface area contributed by atoms with Gasteiger partial charge in [0.1, 0.15) is 6.04 Å². The monoisotopic (exact) mass is 326 g/mol. The molecule has 1 aliphatic rings. The van der Waals surface area contributed by atoms with Gasteiger partial charge in [-0.3, -0.25) is 4.79 Å². The molecule has 120 valence electrons. The van der Waals surface area contributed by atoms with Gasteiger partial charge in [-0.1, -0.05) is 6.07 Å². The SMILES string of the molecule is COC(=O)c1cccc(NC(=O)C2CCCN2S(C)(=O)=O)c1. The Balaban J connectivity index is 2.14. The maximum Gasteiger partial charge on any atom is 0.337 e. The van der Waals surface area contributed by atoms with E-state index in [1.165, 1.54) is 17.5 Å². The van der Waals surface area contributed by atoms with E-state index >= 15 is 0 Å². The maximum absolute atomic E-state index is 12.3. The van der Waals surface area contributed by atoms with Crippen molar-refractivity contribution in [3.05, 3.63) is 29.8 Å². The van der Waals surface area contributed by atoms with E-state index in [9.17, 15) is 18.0 Å². The molecule has 1 unspecified atom stereocenters. The number of esters is 1. The van der Waals surface area contributed by atoms with E-state index in [-0.39, 0.29) is 0 Å². The van der Waals surface area contributed by atoms with Crippen molar-refractivity contribution in [2.75, 3.05) is 25.2 Å². The Kier molecular flexibility index (Phi) is 4.82. The van der Waals surface area contributed by atoms with E-state index in [0.717, 1.165) is 6.26 Å². The van der Waals surface area contributed by atoms with Crippen LogP contribution in [-0.2, 0) is 19.6 Å². The van der Waals surface area contributed by atoms with E-state index in [1.54, 1.807) is 18.2 Å². The lowest BCUT2D eigenvalue weighted by molar-refractivity contribution is -0.119. The molecule has 1 fully saturated rings. The average Bonchev–Trinajstić information content (AvgIpc) is 2.96. The van der Waals surface area contributed by atoms with Gasteiger partial charge in [0.2, 0.25) is 15.9 Å². The standard InChI is InChI=1S/C14H18N2O5S/c1-21-14(18)10-5-3-6-11(9-10)15-13(17)12-7-4-8-16(12)22(2,19)20/h3,5-6,9,12H,4,7-8H2,1-2H3,(H,15,17). The average molecular weight is 326 g/mol. The van der Waals surface area contributed by atoms with Gasteiger partial charge in [-0.25, -0.2) is 13.2 Å². The van der Waals surface area contributed by atoms with Gasteiger partial charge in [-0.2, -0.15) is 4.31 Å². The Morgan fingerprint density at radius 2 is 2.09 bits per heavy atom. The van der Waals surface area contributed by atoms with Crippen LogP contribution in [0.3, 0.4) is 0 Å². The number of rotatable bonds is 4. The van der Waals surface area contributed by atoms with E-state index in [4.69, 9.17) is 0 Å². The Morgan fingerprint density at radius 3 is 2.73 bits per heavy atom. The largest absolute Gasteiger partial charge is 0.465 e. The molecule has 0 aromatic heterocycles. The molecule has 0 spiro atoms. The van der Waals surface area contributed by atoms with Gasteiger partial charge >= 0.3 is 5.97 Å². The number of hydrogen-bond acceptors (Lipinski definition) is 5. The molecule has 0 aliphatic carbocycles. The number of nitrogens with zero attached hydrogens (tertiary/aromatic N) is 1. The summed E-state index contributed by atoms with van der Waals surface area (Å²) < 4.78 is 29.2. The van der Waals surface area contributed by atoms with Gasteiger partial charge in [0.05, 0.1) is 18.9 Å². The number of anilines is 1. The highest BCUT2D eigenvalue weighted by Gasteiger charge is 2.36. The van der Waals surface area contributed by atoms with E-state index < -0.39 is 27.9 Å². The summed E-state index contributed by atoms with van der Waals surface area (Å²) in [5, 5.41) is 2.65. The zero-order valence-electron chi connectivity index (χ0n) is 12.4. The number of nitrogens with one attached hydrogen (secondary N) is 1. The quantitative estimate of drug-likeness (QED) is 0.828. The van der Waals surface area contributed by atoms with Crippen LogP contribution in [0.1, 0.15) is 23.2 Å². The normalized spacial score (nSPS) is 18.9. The van der Waals surface area contributed by atoms with E-state index in [0.29, 0.717) is 30.6 Å². The molecule has 1 heterocycles. The highest BCUT2D eigenvalue weighted by atomic mass is 32.2. The Hall–Kier alpha value is -1.93. The van der Waals surface area contributed by atoms with Crippen molar-refractivity contribution in [3.63, 3.8) is 0 Å². The summed E-state index contributed by atoms with van der Waals surface area (Å²) in [6.07, 6.45) is 2.22. The molecule has 0 saturated carbocycles. The lowest BCUT2D eigenvalue weighted by Gasteiger charge is -2.21. The fourth-order valence-corrected chi connectivity index (χ4v) is 3.59. The molecule has 1 atom stereocenters. The van der Waals surface area contributed by atoms with E-state index in [2.05, 4.69) is 10.1 Å². The van der Waals surface area contributed by atoms with Crippen LogP contribution in [0.2, 0.25) is 0 Å². The number of carbonyl (C=O) groups is 2. The lowest BCUT2D eigenvalue weighted by Crippen LogP contribution is -2.42. The lowest BCUT2D eigenvalue weighted by atomic mass is 10.2. The molecule has 2 rings (SSSR count). The maximum atomic E-state index is 12.3. The summed E-state index contributed by atoms with van der Waals surface area (Å²) >= 11 is 0. The van der Waals surface area contributed by atoms with Crippen molar-refractivity contribution >= 4 is 27.6 Å². The first-order valence-electron chi connectivity index (χ1n) is 6.79. The molecular weight excluding hydrogens is 308 g/mol. The minimum atomic E-state index is -3.42. The molecule has 0 bridgehead atoms. The van der Waals surface area contributed by atoms with Crippen LogP contribution in [-0.4, -0.2) is 50.6 Å². The second kappa shape index (κ2) is 6.45. The van der Waals surface area contributed by atoms with Crippen molar-refractivity contribution in [3.8, 4) is 0 Å². The molecule has 8 heteroatoms. The summed E-state index contributed by atoms with van der Waals surface area (Å²) in [5.41, 5.74) is 0.736. The van der Waals surface area contributed by atoms with E-state index in [1.807, 2.05) is 0 Å². The van der Waals surface area contributed by atoms with Crippen LogP contribution >= 0.6 is 0 Å². The summed E-state index contributed by atoms with van der Waals surface area (Å²) in [6, 6.07) is 5.59. The number of methoxy groups -OCH3 is 1. The zero-order chi connectivity index (χ0) is 16.3.